The first-order valence-corrected chi connectivity index (χ1v) is 6.41. The van der Waals surface area contributed by atoms with E-state index in [1.165, 1.54) is 12.8 Å². The molecule has 0 spiro atoms. The summed E-state index contributed by atoms with van der Waals surface area (Å²) >= 11 is 0. The van der Waals surface area contributed by atoms with Crippen LogP contribution in [-0.4, -0.2) is 41.6 Å². The number of rotatable bonds is 6. The summed E-state index contributed by atoms with van der Waals surface area (Å²) in [5.41, 5.74) is 5.24. The van der Waals surface area contributed by atoms with Gasteiger partial charge in [-0.15, -0.1) is 0 Å². The van der Waals surface area contributed by atoms with Gasteiger partial charge in [-0.25, -0.2) is 0 Å². The quantitative estimate of drug-likeness (QED) is 0.526. The fraction of sp³-hybridized carbons (Fsp3) is 1.00. The lowest BCUT2D eigenvalue weighted by Crippen LogP contribution is -2.58. The van der Waals surface area contributed by atoms with Crippen LogP contribution < -0.4 is 11.1 Å². The molecule has 0 amide bonds. The molecule has 1 fully saturated rings. The average molecular weight is 230 g/mol. The zero-order valence-electron chi connectivity index (χ0n) is 10.3. The maximum atomic E-state index is 9.41. The Kier molecular flexibility index (Phi) is 5.69. The van der Waals surface area contributed by atoms with E-state index in [2.05, 4.69) is 5.32 Å². The van der Waals surface area contributed by atoms with E-state index >= 15 is 0 Å². The summed E-state index contributed by atoms with van der Waals surface area (Å²) < 4.78 is 0. The van der Waals surface area contributed by atoms with Crippen molar-refractivity contribution in [3.8, 4) is 0 Å². The molecular formula is C12H26N2O2. The number of nitrogens with two attached hydrogens (primary N) is 1. The van der Waals surface area contributed by atoms with Gasteiger partial charge >= 0.3 is 0 Å². The summed E-state index contributed by atoms with van der Waals surface area (Å²) in [4.78, 5) is 0. The molecule has 0 aromatic carbocycles. The van der Waals surface area contributed by atoms with Crippen molar-refractivity contribution in [2.24, 2.45) is 11.7 Å². The van der Waals surface area contributed by atoms with Crippen molar-refractivity contribution in [3.63, 3.8) is 0 Å². The highest BCUT2D eigenvalue weighted by atomic mass is 16.3. The molecule has 4 heteroatoms. The Balaban J connectivity index is 2.61. The van der Waals surface area contributed by atoms with Gasteiger partial charge in [0.2, 0.25) is 0 Å². The molecule has 1 aliphatic carbocycles. The minimum Gasteiger partial charge on any atom is -0.394 e. The molecule has 5 N–H and O–H groups in total. The lowest BCUT2D eigenvalue weighted by Gasteiger charge is -2.40. The van der Waals surface area contributed by atoms with Crippen LogP contribution in [0.2, 0.25) is 0 Å². The first kappa shape index (κ1) is 13.9. The molecular weight excluding hydrogens is 204 g/mol. The molecule has 2 unspecified atom stereocenters. The summed E-state index contributed by atoms with van der Waals surface area (Å²) in [5.74, 6) is 0.484. The Hall–Kier alpha value is -0.160. The standard InChI is InChI=1S/C12H26N2O2/c1-2-12(8-15,9-16)14-11-6-4-3-5-10(11)7-13/h10-11,14-16H,2-9,13H2,1H3. The Bertz CT molecular complexity index is 187. The highest BCUT2D eigenvalue weighted by Gasteiger charge is 2.33. The second-order valence-electron chi connectivity index (χ2n) is 4.98. The van der Waals surface area contributed by atoms with E-state index in [-0.39, 0.29) is 13.2 Å². The zero-order chi connectivity index (χ0) is 12.0. The van der Waals surface area contributed by atoms with Gasteiger partial charge in [-0.3, -0.25) is 0 Å². The lowest BCUT2D eigenvalue weighted by molar-refractivity contribution is 0.0628. The van der Waals surface area contributed by atoms with Gasteiger partial charge in [-0.05, 0) is 31.7 Å². The normalized spacial score (nSPS) is 27.0. The van der Waals surface area contributed by atoms with Crippen LogP contribution in [0.3, 0.4) is 0 Å². The monoisotopic (exact) mass is 230 g/mol. The maximum Gasteiger partial charge on any atom is 0.0647 e. The van der Waals surface area contributed by atoms with Gasteiger partial charge in [0.25, 0.3) is 0 Å². The number of aliphatic hydroxyl groups excluding tert-OH is 2. The minimum absolute atomic E-state index is 0.0200. The second-order valence-corrected chi connectivity index (χ2v) is 4.98. The van der Waals surface area contributed by atoms with Gasteiger partial charge < -0.3 is 21.3 Å². The van der Waals surface area contributed by atoms with Crippen LogP contribution in [0.25, 0.3) is 0 Å². The number of hydrogen-bond donors (Lipinski definition) is 4. The third kappa shape index (κ3) is 3.17. The number of aliphatic hydroxyl groups is 2. The first-order valence-electron chi connectivity index (χ1n) is 6.41. The van der Waals surface area contributed by atoms with Crippen molar-refractivity contribution in [1.29, 1.82) is 0 Å². The molecule has 4 nitrogen and oxygen atoms in total. The van der Waals surface area contributed by atoms with Gasteiger partial charge in [-0.2, -0.15) is 0 Å². The zero-order valence-corrected chi connectivity index (χ0v) is 10.3. The van der Waals surface area contributed by atoms with Crippen LogP contribution in [0.1, 0.15) is 39.0 Å². The predicted molar refractivity (Wildman–Crippen MR) is 65.1 cm³/mol. The van der Waals surface area contributed by atoms with Crippen LogP contribution in [0, 0.1) is 5.92 Å². The number of hydrogen-bond acceptors (Lipinski definition) is 4. The van der Waals surface area contributed by atoms with Crippen LogP contribution >= 0.6 is 0 Å². The molecule has 2 atom stereocenters. The molecule has 16 heavy (non-hydrogen) atoms. The van der Waals surface area contributed by atoms with Crippen LogP contribution in [0.5, 0.6) is 0 Å². The maximum absolute atomic E-state index is 9.41. The number of nitrogens with one attached hydrogen (secondary N) is 1. The molecule has 96 valence electrons. The summed E-state index contributed by atoms with van der Waals surface area (Å²) in [7, 11) is 0. The Labute approximate surface area is 98.2 Å². The largest absolute Gasteiger partial charge is 0.394 e. The third-order valence-electron chi connectivity index (χ3n) is 3.99. The van der Waals surface area contributed by atoms with Crippen molar-refractivity contribution in [3.05, 3.63) is 0 Å². The Morgan fingerprint density at radius 3 is 2.38 bits per heavy atom. The van der Waals surface area contributed by atoms with Gasteiger partial charge in [0.05, 0.1) is 18.8 Å². The molecule has 0 saturated heterocycles. The lowest BCUT2D eigenvalue weighted by atomic mass is 9.82. The molecule has 0 heterocycles. The van der Waals surface area contributed by atoms with Gasteiger partial charge in [0, 0.05) is 6.04 Å². The summed E-state index contributed by atoms with van der Waals surface area (Å²) in [5, 5.41) is 22.3. The molecule has 0 aromatic heterocycles. The predicted octanol–water partition coefficient (Wildman–Crippen LogP) is 0.227. The van der Waals surface area contributed by atoms with Crippen LogP contribution in [0.4, 0.5) is 0 Å². The molecule has 0 aliphatic heterocycles. The van der Waals surface area contributed by atoms with Gasteiger partial charge in [0.15, 0.2) is 0 Å². The van der Waals surface area contributed by atoms with E-state index in [0.29, 0.717) is 18.5 Å². The SMILES string of the molecule is CCC(CO)(CO)NC1CCCCC1CN. The van der Waals surface area contributed by atoms with Crippen molar-refractivity contribution in [2.45, 2.75) is 50.6 Å². The first-order chi connectivity index (χ1) is 7.71. The fourth-order valence-corrected chi connectivity index (χ4v) is 2.54. The highest BCUT2D eigenvalue weighted by Crippen LogP contribution is 2.26. The van der Waals surface area contributed by atoms with E-state index < -0.39 is 5.54 Å². The van der Waals surface area contributed by atoms with Gasteiger partial charge in [-0.1, -0.05) is 19.8 Å². The van der Waals surface area contributed by atoms with Crippen molar-refractivity contribution in [1.82, 2.24) is 5.32 Å². The van der Waals surface area contributed by atoms with E-state index in [9.17, 15) is 10.2 Å². The molecule has 0 aromatic rings. The van der Waals surface area contributed by atoms with Crippen molar-refractivity contribution in [2.75, 3.05) is 19.8 Å². The van der Waals surface area contributed by atoms with Crippen molar-refractivity contribution < 1.29 is 10.2 Å². The van der Waals surface area contributed by atoms with Crippen LogP contribution in [-0.2, 0) is 0 Å². The average Bonchev–Trinajstić information content (AvgIpc) is 2.36. The van der Waals surface area contributed by atoms with E-state index in [0.717, 1.165) is 19.3 Å². The Morgan fingerprint density at radius 1 is 1.25 bits per heavy atom. The smallest absolute Gasteiger partial charge is 0.0647 e. The van der Waals surface area contributed by atoms with Crippen molar-refractivity contribution >= 4 is 0 Å². The topological polar surface area (TPSA) is 78.5 Å². The molecule has 0 radical (unpaired) electrons. The Morgan fingerprint density at radius 2 is 1.88 bits per heavy atom. The molecule has 0 bridgehead atoms. The molecule has 1 saturated carbocycles. The summed E-state index contributed by atoms with van der Waals surface area (Å²) in [6.07, 6.45) is 5.45. The van der Waals surface area contributed by atoms with E-state index in [1.54, 1.807) is 0 Å². The minimum atomic E-state index is -0.532. The molecule has 1 aliphatic rings. The van der Waals surface area contributed by atoms with Crippen LogP contribution in [0.15, 0.2) is 0 Å². The van der Waals surface area contributed by atoms with Gasteiger partial charge in [0.1, 0.15) is 0 Å². The second kappa shape index (κ2) is 6.55. The fourth-order valence-electron chi connectivity index (χ4n) is 2.54. The third-order valence-corrected chi connectivity index (χ3v) is 3.99. The highest BCUT2D eigenvalue weighted by molar-refractivity contribution is 4.92. The van der Waals surface area contributed by atoms with E-state index in [4.69, 9.17) is 5.73 Å². The van der Waals surface area contributed by atoms with E-state index in [1.807, 2.05) is 6.92 Å². The summed E-state index contributed by atoms with van der Waals surface area (Å²) in [6.45, 7) is 2.63. The summed E-state index contributed by atoms with van der Waals surface area (Å²) in [6, 6.07) is 0.345. The molecule has 1 rings (SSSR count).